The van der Waals surface area contributed by atoms with Crippen LogP contribution in [0.5, 0.6) is 0 Å². The van der Waals surface area contributed by atoms with Crippen molar-refractivity contribution < 1.29 is 9.53 Å². The van der Waals surface area contributed by atoms with Crippen molar-refractivity contribution in [2.24, 2.45) is 0 Å². The van der Waals surface area contributed by atoms with Crippen LogP contribution in [0.4, 0.5) is 0 Å². The second kappa shape index (κ2) is 10.2. The lowest BCUT2D eigenvalue weighted by Crippen LogP contribution is -2.29. The van der Waals surface area contributed by atoms with Crippen LogP contribution < -0.4 is 10.9 Å². The van der Waals surface area contributed by atoms with E-state index in [1.54, 1.807) is 17.7 Å². The van der Waals surface area contributed by atoms with Gasteiger partial charge in [0.25, 0.3) is 5.56 Å². The van der Waals surface area contributed by atoms with Crippen molar-refractivity contribution in [3.05, 3.63) is 70.5 Å². The van der Waals surface area contributed by atoms with Crippen LogP contribution in [-0.2, 0) is 9.53 Å². The fourth-order valence-electron chi connectivity index (χ4n) is 3.07. The highest BCUT2D eigenvalue weighted by atomic mass is 32.2. The molecule has 0 bridgehead atoms. The molecule has 0 saturated heterocycles. The molecule has 0 spiro atoms. The molecule has 29 heavy (non-hydrogen) atoms. The SMILES string of the molecule is COCCCNC(=O)CSc1nc2ccccc2c(=O)n1[C@@H](C)c1ccccc1. The largest absolute Gasteiger partial charge is 0.385 e. The first-order valence-electron chi connectivity index (χ1n) is 9.56. The first kappa shape index (κ1) is 21.1. The summed E-state index contributed by atoms with van der Waals surface area (Å²) in [4.78, 5) is 30.1. The topological polar surface area (TPSA) is 73.2 Å². The number of amides is 1. The zero-order valence-corrected chi connectivity index (χ0v) is 17.4. The van der Waals surface area contributed by atoms with Gasteiger partial charge in [0.1, 0.15) is 0 Å². The number of methoxy groups -OCH3 is 1. The Bertz CT molecular complexity index is 1020. The van der Waals surface area contributed by atoms with Crippen molar-refractivity contribution >= 4 is 28.6 Å². The minimum Gasteiger partial charge on any atom is -0.385 e. The summed E-state index contributed by atoms with van der Waals surface area (Å²) in [5.41, 5.74) is 1.55. The van der Waals surface area contributed by atoms with Crippen LogP contribution in [0.15, 0.2) is 64.5 Å². The molecule has 6 nitrogen and oxygen atoms in total. The number of carbonyl (C=O) groups excluding carboxylic acids is 1. The summed E-state index contributed by atoms with van der Waals surface area (Å²) in [6.45, 7) is 3.14. The average Bonchev–Trinajstić information content (AvgIpc) is 2.75. The van der Waals surface area contributed by atoms with E-state index in [0.29, 0.717) is 29.2 Å². The minimum atomic E-state index is -0.201. The van der Waals surface area contributed by atoms with Crippen LogP contribution in [0.25, 0.3) is 10.9 Å². The van der Waals surface area contributed by atoms with Crippen molar-refractivity contribution in [3.8, 4) is 0 Å². The summed E-state index contributed by atoms with van der Waals surface area (Å²) in [5, 5.41) is 3.98. The van der Waals surface area contributed by atoms with Crippen molar-refractivity contribution in [2.75, 3.05) is 26.0 Å². The van der Waals surface area contributed by atoms with Crippen LogP contribution in [0.2, 0.25) is 0 Å². The third kappa shape index (κ3) is 5.25. The van der Waals surface area contributed by atoms with E-state index in [-0.39, 0.29) is 23.3 Å². The highest BCUT2D eigenvalue weighted by Gasteiger charge is 2.18. The molecule has 2 aromatic carbocycles. The molecule has 0 radical (unpaired) electrons. The maximum atomic E-state index is 13.2. The average molecular weight is 412 g/mol. The van der Waals surface area contributed by atoms with Gasteiger partial charge in [-0.15, -0.1) is 0 Å². The number of rotatable bonds is 9. The molecule has 0 aliphatic carbocycles. The number of benzene rings is 2. The minimum absolute atomic E-state index is 0.0903. The standard InChI is InChI=1S/C22H25N3O3S/c1-16(17-9-4-3-5-10-17)25-21(27)18-11-6-7-12-19(18)24-22(25)29-15-20(26)23-13-8-14-28-2/h3-7,9-12,16H,8,13-15H2,1-2H3,(H,23,26)/t16-/m0/s1. The van der Waals surface area contributed by atoms with Crippen LogP contribution in [-0.4, -0.2) is 41.5 Å². The van der Waals surface area contributed by atoms with Gasteiger partial charge in [-0.3, -0.25) is 14.2 Å². The lowest BCUT2D eigenvalue weighted by Gasteiger charge is -2.20. The Labute approximate surface area is 174 Å². The number of thioether (sulfide) groups is 1. The van der Waals surface area contributed by atoms with Crippen molar-refractivity contribution in [1.82, 2.24) is 14.9 Å². The predicted molar refractivity (Wildman–Crippen MR) is 116 cm³/mol. The summed E-state index contributed by atoms with van der Waals surface area (Å²) in [6, 6.07) is 16.9. The molecular formula is C22H25N3O3S. The Morgan fingerprint density at radius 3 is 2.66 bits per heavy atom. The molecular weight excluding hydrogens is 386 g/mol. The fourth-order valence-corrected chi connectivity index (χ4v) is 3.98. The van der Waals surface area contributed by atoms with Gasteiger partial charge < -0.3 is 10.1 Å². The second-order valence-electron chi connectivity index (χ2n) is 6.66. The molecule has 1 N–H and O–H groups in total. The van der Waals surface area contributed by atoms with Gasteiger partial charge in [-0.2, -0.15) is 0 Å². The summed E-state index contributed by atoms with van der Waals surface area (Å²) in [6.07, 6.45) is 0.761. The molecule has 7 heteroatoms. The van der Waals surface area contributed by atoms with Gasteiger partial charge >= 0.3 is 0 Å². The normalized spacial score (nSPS) is 12.1. The number of nitrogens with zero attached hydrogens (tertiary/aromatic N) is 2. The number of hydrogen-bond acceptors (Lipinski definition) is 5. The zero-order chi connectivity index (χ0) is 20.6. The maximum Gasteiger partial charge on any atom is 0.262 e. The highest BCUT2D eigenvalue weighted by Crippen LogP contribution is 2.24. The Kier molecular flexibility index (Phi) is 7.43. The molecule has 0 aliphatic heterocycles. The van der Waals surface area contributed by atoms with Crippen molar-refractivity contribution in [3.63, 3.8) is 0 Å². The quantitative estimate of drug-likeness (QED) is 0.332. The van der Waals surface area contributed by atoms with E-state index in [1.807, 2.05) is 55.5 Å². The molecule has 152 valence electrons. The molecule has 0 fully saturated rings. The molecule has 3 rings (SSSR count). The lowest BCUT2D eigenvalue weighted by molar-refractivity contribution is -0.118. The molecule has 0 unspecified atom stereocenters. The van der Waals surface area contributed by atoms with Gasteiger partial charge in [0.05, 0.1) is 22.7 Å². The maximum absolute atomic E-state index is 13.2. The van der Waals surface area contributed by atoms with Gasteiger partial charge in [0, 0.05) is 20.3 Å². The first-order valence-corrected chi connectivity index (χ1v) is 10.5. The van der Waals surface area contributed by atoms with Crippen LogP contribution in [0.3, 0.4) is 0 Å². The highest BCUT2D eigenvalue weighted by molar-refractivity contribution is 7.99. The first-order chi connectivity index (χ1) is 14.1. The van der Waals surface area contributed by atoms with Gasteiger partial charge in [-0.25, -0.2) is 4.98 Å². The predicted octanol–water partition coefficient (Wildman–Crippen LogP) is 3.25. The van der Waals surface area contributed by atoms with E-state index in [9.17, 15) is 9.59 Å². The summed E-state index contributed by atoms with van der Waals surface area (Å²) in [7, 11) is 1.64. The van der Waals surface area contributed by atoms with Crippen molar-refractivity contribution in [1.29, 1.82) is 0 Å². The van der Waals surface area contributed by atoms with Crippen LogP contribution in [0.1, 0.15) is 24.9 Å². The summed E-state index contributed by atoms with van der Waals surface area (Å²) < 4.78 is 6.67. The molecule has 0 aliphatic rings. The number of aromatic nitrogens is 2. The second-order valence-corrected chi connectivity index (χ2v) is 7.60. The Morgan fingerprint density at radius 2 is 1.90 bits per heavy atom. The molecule has 1 atom stereocenters. The van der Waals surface area contributed by atoms with E-state index in [4.69, 9.17) is 9.72 Å². The smallest absolute Gasteiger partial charge is 0.262 e. The summed E-state index contributed by atoms with van der Waals surface area (Å²) >= 11 is 1.28. The third-order valence-electron chi connectivity index (χ3n) is 4.62. The lowest BCUT2D eigenvalue weighted by atomic mass is 10.1. The zero-order valence-electron chi connectivity index (χ0n) is 16.6. The number of fused-ring (bicyclic) bond motifs is 1. The number of ether oxygens (including phenoxy) is 1. The summed E-state index contributed by atoms with van der Waals surface area (Å²) in [5.74, 6) is 0.103. The molecule has 1 aromatic heterocycles. The molecule has 0 saturated carbocycles. The van der Waals surface area contributed by atoms with E-state index in [0.717, 1.165) is 12.0 Å². The van der Waals surface area contributed by atoms with Crippen molar-refractivity contribution in [2.45, 2.75) is 24.5 Å². The Balaban J connectivity index is 1.89. The van der Waals surface area contributed by atoms with Gasteiger partial charge in [0.2, 0.25) is 5.91 Å². The van der Waals surface area contributed by atoms with E-state index in [2.05, 4.69) is 5.32 Å². The molecule has 3 aromatic rings. The van der Waals surface area contributed by atoms with E-state index < -0.39 is 0 Å². The molecule has 1 amide bonds. The number of nitrogens with one attached hydrogen (secondary N) is 1. The number of para-hydroxylation sites is 1. The molecule has 1 heterocycles. The third-order valence-corrected chi connectivity index (χ3v) is 5.58. The van der Waals surface area contributed by atoms with E-state index in [1.165, 1.54) is 11.8 Å². The number of hydrogen-bond donors (Lipinski definition) is 1. The van der Waals surface area contributed by atoms with Gasteiger partial charge in [0.15, 0.2) is 5.16 Å². The monoisotopic (exact) mass is 411 g/mol. The fraction of sp³-hybridized carbons (Fsp3) is 0.318. The Morgan fingerprint density at radius 1 is 1.17 bits per heavy atom. The van der Waals surface area contributed by atoms with Gasteiger partial charge in [-0.1, -0.05) is 54.2 Å². The Hall–Kier alpha value is -2.64. The van der Waals surface area contributed by atoms with Crippen LogP contribution >= 0.6 is 11.8 Å². The van der Waals surface area contributed by atoms with E-state index >= 15 is 0 Å². The van der Waals surface area contributed by atoms with Crippen LogP contribution in [0, 0.1) is 0 Å². The number of carbonyl (C=O) groups is 1. The van der Waals surface area contributed by atoms with Gasteiger partial charge in [-0.05, 0) is 31.0 Å².